The molecule has 1 fully saturated rings. The zero-order valence-corrected chi connectivity index (χ0v) is 17.0. The van der Waals surface area contributed by atoms with Gasteiger partial charge in [-0.25, -0.2) is 0 Å². The maximum absolute atomic E-state index is 12.5. The Morgan fingerprint density at radius 1 is 1.23 bits per heavy atom. The van der Waals surface area contributed by atoms with Gasteiger partial charge in [0.2, 0.25) is 0 Å². The molecule has 3 amide bonds. The number of nitrogens with one attached hydrogen (secondary N) is 1. The van der Waals surface area contributed by atoms with Gasteiger partial charge in [-0.2, -0.15) is 5.26 Å². The Labute approximate surface area is 178 Å². The summed E-state index contributed by atoms with van der Waals surface area (Å²) in [5.41, 5.74) is 1.27. The molecule has 1 N–H and O–H groups in total. The van der Waals surface area contributed by atoms with Crippen LogP contribution in [0.25, 0.3) is 6.08 Å². The number of ether oxygens (including phenoxy) is 1. The number of hydrogen-bond donors (Lipinski definition) is 1. The average molecular weight is 421 g/mol. The number of thioether (sulfide) groups is 1. The van der Waals surface area contributed by atoms with Crippen molar-refractivity contribution in [1.29, 1.82) is 5.26 Å². The van der Waals surface area contributed by atoms with Crippen molar-refractivity contribution in [3.63, 3.8) is 0 Å². The predicted molar refractivity (Wildman–Crippen MR) is 113 cm³/mol. The lowest BCUT2D eigenvalue weighted by Crippen LogP contribution is -2.41. The summed E-state index contributed by atoms with van der Waals surface area (Å²) in [6.45, 7) is 1.76. The Balaban J connectivity index is 1.51. The molecule has 0 radical (unpaired) electrons. The predicted octanol–water partition coefficient (Wildman–Crippen LogP) is 3.18. The summed E-state index contributed by atoms with van der Waals surface area (Å²) in [4.78, 5) is 38.3. The molecule has 1 aliphatic rings. The third kappa shape index (κ3) is 5.27. The normalized spacial score (nSPS) is 15.7. The van der Waals surface area contributed by atoms with E-state index in [2.05, 4.69) is 5.32 Å². The number of carbonyl (C=O) groups is 3. The molecule has 2 aromatic rings. The highest BCUT2D eigenvalue weighted by Crippen LogP contribution is 2.31. The highest BCUT2D eigenvalue weighted by Gasteiger charge is 2.34. The largest absolute Gasteiger partial charge is 0.481 e. The van der Waals surface area contributed by atoms with E-state index in [4.69, 9.17) is 10.00 Å². The molecule has 1 aliphatic heterocycles. The standard InChI is InChI=1S/C22H19N3O4S/c1-15(29-18-9-5-8-17(12-18)14-23)20(26)24-10-11-25-21(27)19(30-22(25)28)13-16-6-3-2-4-7-16/h2-9,12-13,15H,10-11H2,1H3,(H,24,26)/b19-13+. The van der Waals surface area contributed by atoms with E-state index >= 15 is 0 Å². The highest BCUT2D eigenvalue weighted by atomic mass is 32.2. The van der Waals surface area contributed by atoms with Crippen molar-refractivity contribution in [3.8, 4) is 11.8 Å². The minimum atomic E-state index is -0.799. The van der Waals surface area contributed by atoms with E-state index in [9.17, 15) is 14.4 Å². The number of hydrogen-bond acceptors (Lipinski definition) is 6. The first-order valence-corrected chi connectivity index (χ1v) is 10.0. The van der Waals surface area contributed by atoms with Crippen LogP contribution in [0.5, 0.6) is 5.75 Å². The molecule has 2 aromatic carbocycles. The molecule has 1 saturated heterocycles. The second kappa shape index (κ2) is 9.76. The van der Waals surface area contributed by atoms with Crippen molar-refractivity contribution >= 4 is 34.9 Å². The first-order valence-electron chi connectivity index (χ1n) is 9.23. The van der Waals surface area contributed by atoms with Gasteiger partial charge in [0.1, 0.15) is 5.75 Å². The zero-order chi connectivity index (χ0) is 21.5. The SMILES string of the molecule is CC(Oc1cccc(C#N)c1)C(=O)NCCN1C(=O)S/C(=C/c2ccccc2)C1=O. The van der Waals surface area contributed by atoms with Crippen LogP contribution < -0.4 is 10.1 Å². The van der Waals surface area contributed by atoms with Gasteiger partial charge in [-0.05, 0) is 48.5 Å². The van der Waals surface area contributed by atoms with Gasteiger partial charge in [-0.1, -0.05) is 36.4 Å². The number of nitriles is 1. The Morgan fingerprint density at radius 2 is 2.00 bits per heavy atom. The molecule has 0 aliphatic carbocycles. The first kappa shape index (κ1) is 21.1. The molecule has 152 valence electrons. The van der Waals surface area contributed by atoms with E-state index in [1.54, 1.807) is 37.3 Å². The van der Waals surface area contributed by atoms with E-state index in [-0.39, 0.29) is 30.1 Å². The molecule has 0 saturated carbocycles. The van der Waals surface area contributed by atoms with Gasteiger partial charge in [0.15, 0.2) is 6.10 Å². The number of imide groups is 1. The summed E-state index contributed by atoms with van der Waals surface area (Å²) in [6.07, 6.45) is 0.876. The minimum Gasteiger partial charge on any atom is -0.481 e. The third-order valence-corrected chi connectivity index (χ3v) is 5.16. The average Bonchev–Trinajstić information content (AvgIpc) is 3.01. The van der Waals surface area contributed by atoms with Gasteiger partial charge in [-0.3, -0.25) is 19.3 Å². The highest BCUT2D eigenvalue weighted by molar-refractivity contribution is 8.18. The monoisotopic (exact) mass is 421 g/mol. The Bertz CT molecular complexity index is 1030. The van der Waals surface area contributed by atoms with Gasteiger partial charge >= 0.3 is 0 Å². The van der Waals surface area contributed by atoms with Crippen molar-refractivity contribution in [3.05, 3.63) is 70.6 Å². The summed E-state index contributed by atoms with van der Waals surface area (Å²) in [5, 5.41) is 11.2. The maximum Gasteiger partial charge on any atom is 0.293 e. The van der Waals surface area contributed by atoms with Gasteiger partial charge in [0.05, 0.1) is 16.5 Å². The Hall–Kier alpha value is -3.57. The van der Waals surface area contributed by atoms with E-state index in [1.165, 1.54) is 0 Å². The molecule has 0 aromatic heterocycles. The van der Waals surface area contributed by atoms with Crippen LogP contribution >= 0.6 is 11.8 Å². The second-order valence-corrected chi connectivity index (χ2v) is 7.43. The van der Waals surface area contributed by atoms with Crippen molar-refractivity contribution < 1.29 is 19.1 Å². The molecule has 1 heterocycles. The maximum atomic E-state index is 12.5. The van der Waals surface area contributed by atoms with Crippen LogP contribution in [0.15, 0.2) is 59.5 Å². The van der Waals surface area contributed by atoms with Crippen LogP contribution in [0.1, 0.15) is 18.1 Å². The molecule has 0 spiro atoms. The van der Waals surface area contributed by atoms with Gasteiger partial charge in [0.25, 0.3) is 17.1 Å². The second-order valence-electron chi connectivity index (χ2n) is 6.43. The molecule has 8 heteroatoms. The Morgan fingerprint density at radius 3 is 2.73 bits per heavy atom. The zero-order valence-electron chi connectivity index (χ0n) is 16.2. The van der Waals surface area contributed by atoms with E-state index in [1.807, 2.05) is 36.4 Å². The summed E-state index contributed by atoms with van der Waals surface area (Å²) >= 11 is 0.882. The first-order chi connectivity index (χ1) is 14.5. The van der Waals surface area contributed by atoms with Gasteiger partial charge in [0, 0.05) is 13.1 Å². The van der Waals surface area contributed by atoms with Crippen LogP contribution in [-0.2, 0) is 9.59 Å². The fourth-order valence-electron chi connectivity index (χ4n) is 2.72. The lowest BCUT2D eigenvalue weighted by molar-refractivity contribution is -0.128. The summed E-state index contributed by atoms with van der Waals surface area (Å²) < 4.78 is 5.54. The summed E-state index contributed by atoms with van der Waals surface area (Å²) in [6, 6.07) is 17.8. The molecule has 1 unspecified atom stereocenters. The van der Waals surface area contributed by atoms with Crippen LogP contribution in [0.2, 0.25) is 0 Å². The number of nitrogens with zero attached hydrogens (tertiary/aromatic N) is 2. The lowest BCUT2D eigenvalue weighted by atomic mass is 10.2. The molecule has 0 bridgehead atoms. The van der Waals surface area contributed by atoms with Crippen LogP contribution in [0.4, 0.5) is 4.79 Å². The third-order valence-electron chi connectivity index (χ3n) is 4.25. The molecular formula is C22H19N3O4S. The molecule has 3 rings (SSSR count). The van der Waals surface area contributed by atoms with E-state index in [0.717, 1.165) is 22.2 Å². The van der Waals surface area contributed by atoms with E-state index in [0.29, 0.717) is 16.2 Å². The molecule has 30 heavy (non-hydrogen) atoms. The van der Waals surface area contributed by atoms with Crippen LogP contribution in [0.3, 0.4) is 0 Å². The van der Waals surface area contributed by atoms with Crippen molar-refractivity contribution in [2.24, 2.45) is 0 Å². The van der Waals surface area contributed by atoms with Crippen molar-refractivity contribution in [1.82, 2.24) is 10.2 Å². The quantitative estimate of drug-likeness (QED) is 0.690. The topological polar surface area (TPSA) is 99.5 Å². The molecular weight excluding hydrogens is 402 g/mol. The summed E-state index contributed by atoms with van der Waals surface area (Å²) in [5.74, 6) is -0.349. The number of rotatable bonds is 7. The Kier molecular flexibility index (Phi) is 6.88. The fourth-order valence-corrected chi connectivity index (χ4v) is 3.59. The van der Waals surface area contributed by atoms with Crippen molar-refractivity contribution in [2.45, 2.75) is 13.0 Å². The number of benzene rings is 2. The van der Waals surface area contributed by atoms with Crippen molar-refractivity contribution in [2.75, 3.05) is 13.1 Å². The smallest absolute Gasteiger partial charge is 0.293 e. The van der Waals surface area contributed by atoms with Crippen LogP contribution in [-0.4, -0.2) is 41.1 Å². The fraction of sp³-hybridized carbons (Fsp3) is 0.182. The van der Waals surface area contributed by atoms with Crippen LogP contribution in [0, 0.1) is 11.3 Å². The molecule has 7 nitrogen and oxygen atoms in total. The number of carbonyl (C=O) groups excluding carboxylic acids is 3. The molecule has 1 atom stereocenters. The minimum absolute atomic E-state index is 0.0686. The van der Waals surface area contributed by atoms with Gasteiger partial charge < -0.3 is 10.1 Å². The van der Waals surface area contributed by atoms with E-state index < -0.39 is 6.10 Å². The van der Waals surface area contributed by atoms with Gasteiger partial charge in [-0.15, -0.1) is 0 Å². The number of amides is 3. The lowest BCUT2D eigenvalue weighted by Gasteiger charge is -2.16. The summed E-state index contributed by atoms with van der Waals surface area (Å²) in [7, 11) is 0.